The zero-order valence-electron chi connectivity index (χ0n) is 10.4. The van der Waals surface area contributed by atoms with Gasteiger partial charge < -0.3 is 10.1 Å². The van der Waals surface area contributed by atoms with Gasteiger partial charge in [-0.3, -0.25) is 4.79 Å². The van der Waals surface area contributed by atoms with Crippen LogP contribution in [0, 0.1) is 0 Å². The third kappa shape index (κ3) is 2.60. The number of ether oxygens (including phenoxy) is 1. The van der Waals surface area contributed by atoms with Crippen molar-refractivity contribution in [1.29, 1.82) is 0 Å². The number of benzene rings is 1. The third-order valence-corrected chi connectivity index (χ3v) is 3.27. The van der Waals surface area contributed by atoms with Crippen molar-refractivity contribution in [1.82, 2.24) is 5.32 Å². The largest absolute Gasteiger partial charge is 0.480 e. The summed E-state index contributed by atoms with van der Waals surface area (Å²) in [6.07, 6.45) is 2.25. The Labute approximate surface area is 102 Å². The number of carbonyl (C=O) groups is 1. The van der Waals surface area contributed by atoms with Crippen LogP contribution < -0.4 is 10.1 Å². The average molecular weight is 233 g/mol. The van der Waals surface area contributed by atoms with Crippen LogP contribution in [-0.4, -0.2) is 18.1 Å². The molecule has 0 spiro atoms. The van der Waals surface area contributed by atoms with E-state index in [2.05, 4.69) is 19.2 Å². The van der Waals surface area contributed by atoms with Gasteiger partial charge in [-0.15, -0.1) is 0 Å². The van der Waals surface area contributed by atoms with Gasteiger partial charge in [0.1, 0.15) is 5.75 Å². The number of rotatable bonds is 4. The van der Waals surface area contributed by atoms with Crippen molar-refractivity contribution >= 4 is 5.91 Å². The highest BCUT2D eigenvalue weighted by atomic mass is 16.5. The second-order valence-corrected chi connectivity index (χ2v) is 4.44. The van der Waals surface area contributed by atoms with E-state index in [1.807, 2.05) is 24.3 Å². The van der Waals surface area contributed by atoms with Crippen LogP contribution in [0.2, 0.25) is 0 Å². The lowest BCUT2D eigenvalue weighted by Crippen LogP contribution is -2.42. The number of hydrogen-bond acceptors (Lipinski definition) is 2. The Bertz CT molecular complexity index is 374. The number of amides is 1. The van der Waals surface area contributed by atoms with Crippen LogP contribution in [0.25, 0.3) is 0 Å². The molecule has 0 bridgehead atoms. The fourth-order valence-electron chi connectivity index (χ4n) is 2.12. The maximum absolute atomic E-state index is 12.0. The molecule has 3 heteroatoms. The van der Waals surface area contributed by atoms with Crippen molar-refractivity contribution in [3.05, 3.63) is 29.8 Å². The lowest BCUT2D eigenvalue weighted by atomic mass is 10.1. The normalized spacial score (nSPS) is 17.7. The SMILES string of the molecule is CCC(CC)NC(=O)[C@@H]1Cc2ccccc2O1. The first kappa shape index (κ1) is 12.0. The molecule has 1 atom stereocenters. The Morgan fingerprint density at radius 3 is 2.76 bits per heavy atom. The number of hydrogen-bond donors (Lipinski definition) is 1. The quantitative estimate of drug-likeness (QED) is 0.866. The van der Waals surface area contributed by atoms with Gasteiger partial charge in [0.2, 0.25) is 0 Å². The summed E-state index contributed by atoms with van der Waals surface area (Å²) in [6.45, 7) is 4.16. The monoisotopic (exact) mass is 233 g/mol. The summed E-state index contributed by atoms with van der Waals surface area (Å²) in [5.74, 6) is 0.854. The molecule has 0 unspecified atom stereocenters. The van der Waals surface area contributed by atoms with Crippen LogP contribution in [0.5, 0.6) is 5.75 Å². The molecule has 0 saturated carbocycles. The maximum atomic E-state index is 12.0. The van der Waals surface area contributed by atoms with Crippen LogP contribution in [0.3, 0.4) is 0 Å². The molecule has 1 amide bonds. The molecule has 17 heavy (non-hydrogen) atoms. The van der Waals surface area contributed by atoms with Gasteiger partial charge in [0.15, 0.2) is 6.10 Å². The summed E-state index contributed by atoms with van der Waals surface area (Å²) in [4.78, 5) is 12.0. The summed E-state index contributed by atoms with van der Waals surface area (Å²) >= 11 is 0. The van der Waals surface area contributed by atoms with Crippen molar-refractivity contribution in [2.45, 2.75) is 45.3 Å². The Morgan fingerprint density at radius 2 is 2.12 bits per heavy atom. The molecule has 1 heterocycles. The van der Waals surface area contributed by atoms with Crippen LogP contribution in [0.1, 0.15) is 32.3 Å². The van der Waals surface area contributed by atoms with Gasteiger partial charge in [-0.2, -0.15) is 0 Å². The number of carbonyl (C=O) groups excluding carboxylic acids is 1. The van der Waals surface area contributed by atoms with E-state index in [0.29, 0.717) is 6.42 Å². The maximum Gasteiger partial charge on any atom is 0.261 e. The third-order valence-electron chi connectivity index (χ3n) is 3.27. The summed E-state index contributed by atoms with van der Waals surface area (Å²) in [5.41, 5.74) is 1.12. The van der Waals surface area contributed by atoms with Crippen LogP contribution in [0.4, 0.5) is 0 Å². The van der Waals surface area contributed by atoms with E-state index in [1.54, 1.807) is 0 Å². The highest BCUT2D eigenvalue weighted by Gasteiger charge is 2.29. The van der Waals surface area contributed by atoms with Gasteiger partial charge in [0, 0.05) is 12.5 Å². The molecule has 1 aliphatic rings. The second kappa shape index (κ2) is 5.21. The van der Waals surface area contributed by atoms with E-state index in [1.165, 1.54) is 0 Å². The van der Waals surface area contributed by atoms with E-state index in [9.17, 15) is 4.79 Å². The Balaban J connectivity index is 1.96. The minimum Gasteiger partial charge on any atom is -0.480 e. The summed E-state index contributed by atoms with van der Waals surface area (Å²) in [5, 5.41) is 3.03. The predicted octanol–water partition coefficient (Wildman–Crippen LogP) is 2.29. The van der Waals surface area contributed by atoms with E-state index in [0.717, 1.165) is 24.2 Å². The molecule has 0 fully saturated rings. The number of nitrogens with one attached hydrogen (secondary N) is 1. The van der Waals surface area contributed by atoms with E-state index in [4.69, 9.17) is 4.74 Å². The molecule has 1 aromatic carbocycles. The fourth-order valence-corrected chi connectivity index (χ4v) is 2.12. The summed E-state index contributed by atoms with van der Waals surface area (Å²) in [6, 6.07) is 8.10. The van der Waals surface area contributed by atoms with Gasteiger partial charge >= 0.3 is 0 Å². The predicted molar refractivity (Wildman–Crippen MR) is 67.1 cm³/mol. The molecule has 0 saturated heterocycles. The van der Waals surface area contributed by atoms with Crippen molar-refractivity contribution in [3.8, 4) is 5.75 Å². The lowest BCUT2D eigenvalue weighted by molar-refractivity contribution is -0.128. The Kier molecular flexibility index (Phi) is 3.67. The summed E-state index contributed by atoms with van der Waals surface area (Å²) < 4.78 is 5.65. The molecule has 2 rings (SSSR count). The van der Waals surface area contributed by atoms with Gasteiger partial charge in [-0.1, -0.05) is 32.0 Å². The molecule has 0 radical (unpaired) electrons. The minimum atomic E-state index is -0.354. The molecular weight excluding hydrogens is 214 g/mol. The van der Waals surface area contributed by atoms with Crippen molar-refractivity contribution in [2.24, 2.45) is 0 Å². The zero-order chi connectivity index (χ0) is 12.3. The lowest BCUT2D eigenvalue weighted by Gasteiger charge is -2.17. The molecule has 1 aliphatic heterocycles. The second-order valence-electron chi connectivity index (χ2n) is 4.44. The topological polar surface area (TPSA) is 38.3 Å². The smallest absolute Gasteiger partial charge is 0.261 e. The number of fused-ring (bicyclic) bond motifs is 1. The first-order valence-electron chi connectivity index (χ1n) is 6.29. The Morgan fingerprint density at radius 1 is 1.41 bits per heavy atom. The molecular formula is C14H19NO2. The van der Waals surface area contributed by atoms with Crippen molar-refractivity contribution in [3.63, 3.8) is 0 Å². The van der Waals surface area contributed by atoms with Gasteiger partial charge in [-0.05, 0) is 24.5 Å². The van der Waals surface area contributed by atoms with Crippen LogP contribution >= 0.6 is 0 Å². The Hall–Kier alpha value is -1.51. The minimum absolute atomic E-state index is 0.00917. The fraction of sp³-hybridized carbons (Fsp3) is 0.500. The summed E-state index contributed by atoms with van der Waals surface area (Å²) in [7, 11) is 0. The van der Waals surface area contributed by atoms with Crippen LogP contribution in [-0.2, 0) is 11.2 Å². The molecule has 1 N–H and O–H groups in total. The van der Waals surface area contributed by atoms with Gasteiger partial charge in [0.25, 0.3) is 5.91 Å². The number of para-hydroxylation sites is 1. The first-order valence-corrected chi connectivity index (χ1v) is 6.29. The molecule has 0 aromatic heterocycles. The van der Waals surface area contributed by atoms with E-state index < -0.39 is 0 Å². The van der Waals surface area contributed by atoms with Crippen molar-refractivity contribution < 1.29 is 9.53 Å². The molecule has 92 valence electrons. The highest BCUT2D eigenvalue weighted by Crippen LogP contribution is 2.28. The first-order chi connectivity index (χ1) is 8.24. The van der Waals surface area contributed by atoms with Crippen molar-refractivity contribution in [2.75, 3.05) is 0 Å². The van der Waals surface area contributed by atoms with Gasteiger partial charge in [-0.25, -0.2) is 0 Å². The molecule has 1 aromatic rings. The molecule has 3 nitrogen and oxygen atoms in total. The standard InChI is InChI=1S/C14H19NO2/c1-3-11(4-2)15-14(16)13-9-10-7-5-6-8-12(10)17-13/h5-8,11,13H,3-4,9H2,1-2H3,(H,15,16)/t13-/m0/s1. The van der Waals surface area contributed by atoms with E-state index in [-0.39, 0.29) is 18.1 Å². The molecule has 0 aliphatic carbocycles. The zero-order valence-corrected chi connectivity index (χ0v) is 10.4. The average Bonchev–Trinajstić information content (AvgIpc) is 2.79. The highest BCUT2D eigenvalue weighted by molar-refractivity contribution is 5.82. The van der Waals surface area contributed by atoms with E-state index >= 15 is 0 Å². The van der Waals surface area contributed by atoms with Gasteiger partial charge in [0.05, 0.1) is 0 Å². The van der Waals surface area contributed by atoms with Crippen LogP contribution in [0.15, 0.2) is 24.3 Å².